The van der Waals surface area contributed by atoms with E-state index >= 15 is 0 Å². The maximum atomic E-state index is 5.56. The first-order chi connectivity index (χ1) is 7.34. The molecule has 3 heteroatoms. The first-order valence-electron chi connectivity index (χ1n) is 4.64. The van der Waals surface area contributed by atoms with E-state index in [9.17, 15) is 0 Å². The molecule has 1 aromatic heterocycles. The summed E-state index contributed by atoms with van der Waals surface area (Å²) in [6.07, 6.45) is 0. The molecule has 0 bridgehead atoms. The predicted molar refractivity (Wildman–Crippen MR) is 67.7 cm³/mol. The minimum atomic E-state index is 0.563. The molecule has 0 atom stereocenters. The highest BCUT2D eigenvalue weighted by molar-refractivity contribution is 14.1. The SMILES string of the molecule is Ic1cccc(OCc2ccccc2)n1. The zero-order valence-electron chi connectivity index (χ0n) is 8.06. The summed E-state index contributed by atoms with van der Waals surface area (Å²) >= 11 is 2.17. The average Bonchev–Trinajstić information content (AvgIpc) is 2.28. The molecule has 0 aliphatic carbocycles. The summed E-state index contributed by atoms with van der Waals surface area (Å²) in [4.78, 5) is 4.25. The van der Waals surface area contributed by atoms with Crippen molar-refractivity contribution in [3.8, 4) is 5.88 Å². The Bertz CT molecular complexity index is 431. The Morgan fingerprint density at radius 3 is 2.53 bits per heavy atom. The molecule has 0 saturated carbocycles. The second kappa shape index (κ2) is 5.11. The van der Waals surface area contributed by atoms with Gasteiger partial charge in [0.15, 0.2) is 0 Å². The summed E-state index contributed by atoms with van der Waals surface area (Å²) in [6, 6.07) is 15.8. The van der Waals surface area contributed by atoms with Gasteiger partial charge in [-0.1, -0.05) is 36.4 Å². The van der Waals surface area contributed by atoms with E-state index in [1.807, 2.05) is 48.5 Å². The quantitative estimate of drug-likeness (QED) is 0.641. The highest BCUT2D eigenvalue weighted by Gasteiger charge is 1.96. The molecular formula is C12H10INO. The molecule has 1 aromatic carbocycles. The number of aromatic nitrogens is 1. The monoisotopic (exact) mass is 311 g/mol. The van der Waals surface area contributed by atoms with Crippen molar-refractivity contribution in [2.24, 2.45) is 0 Å². The lowest BCUT2D eigenvalue weighted by molar-refractivity contribution is 0.293. The highest BCUT2D eigenvalue weighted by Crippen LogP contribution is 2.11. The predicted octanol–water partition coefficient (Wildman–Crippen LogP) is 3.27. The van der Waals surface area contributed by atoms with Gasteiger partial charge in [-0.05, 0) is 34.2 Å². The lowest BCUT2D eigenvalue weighted by Crippen LogP contribution is -1.97. The number of benzene rings is 1. The topological polar surface area (TPSA) is 22.1 Å². The van der Waals surface area contributed by atoms with Crippen LogP contribution in [0.15, 0.2) is 48.5 Å². The molecule has 2 aromatic rings. The fourth-order valence-electron chi connectivity index (χ4n) is 1.20. The molecule has 0 radical (unpaired) electrons. The van der Waals surface area contributed by atoms with Crippen molar-refractivity contribution in [1.82, 2.24) is 4.98 Å². The van der Waals surface area contributed by atoms with E-state index in [0.717, 1.165) is 9.26 Å². The summed E-state index contributed by atoms with van der Waals surface area (Å²) in [5.74, 6) is 0.672. The average molecular weight is 311 g/mol. The van der Waals surface area contributed by atoms with Gasteiger partial charge < -0.3 is 4.74 Å². The number of pyridine rings is 1. The fraction of sp³-hybridized carbons (Fsp3) is 0.0833. The third-order valence-corrected chi connectivity index (χ3v) is 2.52. The Kier molecular flexibility index (Phi) is 3.55. The summed E-state index contributed by atoms with van der Waals surface area (Å²) in [5, 5.41) is 0. The van der Waals surface area contributed by atoms with E-state index in [1.165, 1.54) is 0 Å². The van der Waals surface area contributed by atoms with Gasteiger partial charge in [-0.3, -0.25) is 0 Å². The molecule has 0 aliphatic rings. The van der Waals surface area contributed by atoms with Crippen molar-refractivity contribution in [2.75, 3.05) is 0 Å². The molecular weight excluding hydrogens is 301 g/mol. The maximum Gasteiger partial charge on any atom is 0.214 e. The van der Waals surface area contributed by atoms with Gasteiger partial charge in [0.2, 0.25) is 5.88 Å². The van der Waals surface area contributed by atoms with Gasteiger partial charge in [0.1, 0.15) is 10.3 Å². The second-order valence-corrected chi connectivity index (χ2v) is 4.18. The van der Waals surface area contributed by atoms with Crippen molar-refractivity contribution in [1.29, 1.82) is 0 Å². The van der Waals surface area contributed by atoms with Crippen molar-refractivity contribution < 1.29 is 4.74 Å². The molecule has 0 N–H and O–H groups in total. The first kappa shape index (κ1) is 10.4. The van der Waals surface area contributed by atoms with Crippen LogP contribution in [0.4, 0.5) is 0 Å². The van der Waals surface area contributed by atoms with Crippen LogP contribution in [0.2, 0.25) is 0 Å². The summed E-state index contributed by atoms with van der Waals surface area (Å²) in [7, 11) is 0. The van der Waals surface area contributed by atoms with E-state index < -0.39 is 0 Å². The maximum absolute atomic E-state index is 5.56. The van der Waals surface area contributed by atoms with Crippen LogP contribution in [-0.2, 0) is 6.61 Å². The largest absolute Gasteiger partial charge is 0.473 e. The fourth-order valence-corrected chi connectivity index (χ4v) is 1.65. The van der Waals surface area contributed by atoms with Crippen LogP contribution in [0.25, 0.3) is 0 Å². The molecule has 1 heterocycles. The number of halogens is 1. The highest BCUT2D eigenvalue weighted by atomic mass is 127. The number of rotatable bonds is 3. The van der Waals surface area contributed by atoms with Crippen LogP contribution in [0.5, 0.6) is 5.88 Å². The molecule has 0 aliphatic heterocycles. The van der Waals surface area contributed by atoms with Crippen molar-refractivity contribution in [3.63, 3.8) is 0 Å². The normalized spacial score (nSPS) is 9.93. The number of nitrogens with zero attached hydrogens (tertiary/aromatic N) is 1. The standard InChI is InChI=1S/C12H10INO/c13-11-7-4-8-12(14-11)15-9-10-5-2-1-3-6-10/h1-8H,9H2. The lowest BCUT2D eigenvalue weighted by atomic mass is 10.2. The van der Waals surface area contributed by atoms with Gasteiger partial charge >= 0.3 is 0 Å². The van der Waals surface area contributed by atoms with Crippen molar-refractivity contribution in [2.45, 2.75) is 6.61 Å². The number of hydrogen-bond acceptors (Lipinski definition) is 2. The van der Waals surface area contributed by atoms with Crippen LogP contribution >= 0.6 is 22.6 Å². The van der Waals surface area contributed by atoms with Crippen molar-refractivity contribution in [3.05, 3.63) is 57.8 Å². The minimum absolute atomic E-state index is 0.563. The Hall–Kier alpha value is -1.10. The van der Waals surface area contributed by atoms with E-state index in [1.54, 1.807) is 0 Å². The molecule has 0 fully saturated rings. The molecule has 0 unspecified atom stereocenters. The summed E-state index contributed by atoms with van der Waals surface area (Å²) in [6.45, 7) is 0.563. The van der Waals surface area contributed by atoms with E-state index in [2.05, 4.69) is 27.6 Å². The summed E-state index contributed by atoms with van der Waals surface area (Å²) < 4.78 is 6.50. The van der Waals surface area contributed by atoms with Crippen LogP contribution in [0, 0.1) is 3.70 Å². The van der Waals surface area contributed by atoms with Gasteiger partial charge in [0.25, 0.3) is 0 Å². The first-order valence-corrected chi connectivity index (χ1v) is 5.72. The van der Waals surface area contributed by atoms with Gasteiger partial charge in [-0.25, -0.2) is 4.98 Å². The zero-order valence-corrected chi connectivity index (χ0v) is 10.2. The lowest BCUT2D eigenvalue weighted by Gasteiger charge is -2.04. The number of hydrogen-bond donors (Lipinski definition) is 0. The molecule has 0 saturated heterocycles. The van der Waals surface area contributed by atoms with Crippen molar-refractivity contribution >= 4 is 22.6 Å². The van der Waals surface area contributed by atoms with E-state index in [-0.39, 0.29) is 0 Å². The van der Waals surface area contributed by atoms with Crippen LogP contribution in [-0.4, -0.2) is 4.98 Å². The van der Waals surface area contributed by atoms with E-state index in [4.69, 9.17) is 4.74 Å². The van der Waals surface area contributed by atoms with E-state index in [0.29, 0.717) is 12.5 Å². The zero-order chi connectivity index (χ0) is 10.5. The van der Waals surface area contributed by atoms with Gasteiger partial charge in [-0.15, -0.1) is 0 Å². The molecule has 0 amide bonds. The minimum Gasteiger partial charge on any atom is -0.473 e. The molecule has 76 valence electrons. The molecule has 2 rings (SSSR count). The van der Waals surface area contributed by atoms with Gasteiger partial charge in [0, 0.05) is 6.07 Å². The Labute approximate surface area is 102 Å². The van der Waals surface area contributed by atoms with Crippen LogP contribution in [0.1, 0.15) is 5.56 Å². The Morgan fingerprint density at radius 2 is 1.80 bits per heavy atom. The third kappa shape index (κ3) is 3.20. The second-order valence-electron chi connectivity index (χ2n) is 3.07. The third-order valence-electron chi connectivity index (χ3n) is 1.92. The van der Waals surface area contributed by atoms with Crippen LogP contribution in [0.3, 0.4) is 0 Å². The summed E-state index contributed by atoms with van der Waals surface area (Å²) in [5.41, 5.74) is 1.15. The molecule has 15 heavy (non-hydrogen) atoms. The molecule has 2 nitrogen and oxygen atoms in total. The number of ether oxygens (including phenoxy) is 1. The van der Waals surface area contributed by atoms with Crippen LogP contribution < -0.4 is 4.74 Å². The van der Waals surface area contributed by atoms with Gasteiger partial charge in [0.05, 0.1) is 0 Å². The smallest absolute Gasteiger partial charge is 0.214 e. The Morgan fingerprint density at radius 1 is 1.00 bits per heavy atom. The molecule has 0 spiro atoms. The van der Waals surface area contributed by atoms with Gasteiger partial charge in [-0.2, -0.15) is 0 Å². The Balaban J connectivity index is 1.99.